The highest BCUT2D eigenvalue weighted by Gasteiger charge is 2.51. The summed E-state index contributed by atoms with van der Waals surface area (Å²) in [5.74, 6) is 2.84. The van der Waals surface area contributed by atoms with Gasteiger partial charge in [-0.2, -0.15) is 0 Å². The highest BCUT2D eigenvalue weighted by atomic mass is 16.5. The fourth-order valence-electron chi connectivity index (χ4n) is 5.52. The lowest BCUT2D eigenvalue weighted by Crippen LogP contribution is -2.49. The molecular formula is C18H23BO. The first-order valence-corrected chi connectivity index (χ1v) is 8.30. The average Bonchev–Trinajstić information content (AvgIpc) is 2.48. The molecule has 4 rings (SSSR count). The van der Waals surface area contributed by atoms with Crippen LogP contribution in [0.15, 0.2) is 18.2 Å². The SMILES string of the molecule is [B]COc1ccc2c(c1)[C@]13CCCCC1[C@@H](CCC3)C2. The Morgan fingerprint density at radius 3 is 2.95 bits per heavy atom. The Morgan fingerprint density at radius 1 is 1.15 bits per heavy atom. The van der Waals surface area contributed by atoms with Gasteiger partial charge in [-0.1, -0.05) is 25.3 Å². The number of hydrogen-bond acceptors (Lipinski definition) is 1. The van der Waals surface area contributed by atoms with Gasteiger partial charge in [0, 0.05) is 6.51 Å². The predicted molar refractivity (Wildman–Crippen MR) is 82.4 cm³/mol. The molecule has 0 N–H and O–H groups in total. The Kier molecular flexibility index (Phi) is 3.09. The number of fused-ring (bicyclic) bond motifs is 1. The summed E-state index contributed by atoms with van der Waals surface area (Å²) in [5.41, 5.74) is 3.68. The topological polar surface area (TPSA) is 9.23 Å². The second-order valence-electron chi connectivity index (χ2n) is 6.99. The standard InChI is InChI=1S/C18H23BO/c19-12-20-15-7-6-14-10-13-4-3-9-18(17(14)11-15)8-2-1-5-16(13)18/h6-7,11,13,16H,1-5,8-10,12H2/t13-,16?,18-/m0/s1. The highest BCUT2D eigenvalue weighted by molar-refractivity contribution is 6.08. The largest absolute Gasteiger partial charge is 0.504 e. The summed E-state index contributed by atoms with van der Waals surface area (Å²) < 4.78 is 5.56. The predicted octanol–water partition coefficient (Wildman–Crippen LogP) is 3.98. The molecule has 0 saturated heterocycles. The van der Waals surface area contributed by atoms with Crippen LogP contribution in [0.3, 0.4) is 0 Å². The van der Waals surface area contributed by atoms with E-state index >= 15 is 0 Å². The van der Waals surface area contributed by atoms with Crippen molar-refractivity contribution in [2.45, 2.75) is 56.8 Å². The van der Waals surface area contributed by atoms with Crippen molar-refractivity contribution in [2.75, 3.05) is 6.51 Å². The molecule has 1 unspecified atom stereocenters. The van der Waals surface area contributed by atoms with Gasteiger partial charge < -0.3 is 4.74 Å². The second kappa shape index (κ2) is 4.82. The van der Waals surface area contributed by atoms with Gasteiger partial charge in [0.2, 0.25) is 0 Å². The van der Waals surface area contributed by atoms with E-state index in [9.17, 15) is 0 Å². The van der Waals surface area contributed by atoms with Crippen molar-refractivity contribution in [3.63, 3.8) is 0 Å². The van der Waals surface area contributed by atoms with Crippen LogP contribution < -0.4 is 4.74 Å². The summed E-state index contributed by atoms with van der Waals surface area (Å²) in [6.45, 7) is 0.276. The first-order chi connectivity index (χ1) is 9.83. The number of hydrogen-bond donors (Lipinski definition) is 0. The van der Waals surface area contributed by atoms with Crippen LogP contribution in [-0.4, -0.2) is 14.4 Å². The molecule has 0 heterocycles. The van der Waals surface area contributed by atoms with Crippen LogP contribution in [0.25, 0.3) is 0 Å². The molecule has 2 heteroatoms. The van der Waals surface area contributed by atoms with Crippen LogP contribution in [0, 0.1) is 11.8 Å². The molecule has 1 aromatic carbocycles. The summed E-state index contributed by atoms with van der Waals surface area (Å²) in [6.07, 6.45) is 11.3. The van der Waals surface area contributed by atoms with Crippen molar-refractivity contribution < 1.29 is 4.74 Å². The van der Waals surface area contributed by atoms with Gasteiger partial charge in [0.15, 0.2) is 0 Å². The fraction of sp³-hybridized carbons (Fsp3) is 0.667. The molecule has 2 fully saturated rings. The minimum absolute atomic E-state index is 0.276. The van der Waals surface area contributed by atoms with Gasteiger partial charge in [-0.05, 0) is 72.6 Å². The number of ether oxygens (including phenoxy) is 1. The Hall–Kier alpha value is -0.915. The van der Waals surface area contributed by atoms with Crippen molar-refractivity contribution in [2.24, 2.45) is 11.8 Å². The zero-order chi connectivity index (χ0) is 13.6. The van der Waals surface area contributed by atoms with Crippen LogP contribution in [0.2, 0.25) is 0 Å². The smallest absolute Gasteiger partial charge is 0.122 e. The van der Waals surface area contributed by atoms with Gasteiger partial charge in [-0.15, -0.1) is 0 Å². The fourth-order valence-corrected chi connectivity index (χ4v) is 5.52. The maximum atomic E-state index is 5.56. The molecule has 2 bridgehead atoms. The van der Waals surface area contributed by atoms with E-state index in [0.29, 0.717) is 5.41 Å². The summed E-state index contributed by atoms with van der Waals surface area (Å²) in [4.78, 5) is 0. The first-order valence-electron chi connectivity index (χ1n) is 8.30. The van der Waals surface area contributed by atoms with E-state index in [1.54, 1.807) is 11.1 Å². The third-order valence-corrected chi connectivity index (χ3v) is 6.21. The van der Waals surface area contributed by atoms with Crippen molar-refractivity contribution in [1.82, 2.24) is 0 Å². The molecule has 3 atom stereocenters. The minimum Gasteiger partial charge on any atom is -0.504 e. The lowest BCUT2D eigenvalue weighted by molar-refractivity contribution is 0.0521. The van der Waals surface area contributed by atoms with Crippen LogP contribution in [0.1, 0.15) is 56.1 Å². The third-order valence-electron chi connectivity index (χ3n) is 6.21. The monoisotopic (exact) mass is 266 g/mol. The molecule has 0 aromatic heterocycles. The molecule has 2 radical (unpaired) electrons. The molecule has 0 aliphatic heterocycles. The highest BCUT2D eigenvalue weighted by Crippen LogP contribution is 2.58. The number of benzene rings is 1. The Morgan fingerprint density at radius 2 is 2.05 bits per heavy atom. The number of rotatable bonds is 2. The van der Waals surface area contributed by atoms with E-state index in [-0.39, 0.29) is 6.51 Å². The molecule has 104 valence electrons. The van der Waals surface area contributed by atoms with Crippen LogP contribution >= 0.6 is 0 Å². The maximum absolute atomic E-state index is 5.56. The molecule has 2 saturated carbocycles. The molecular weight excluding hydrogens is 243 g/mol. The van der Waals surface area contributed by atoms with Crippen molar-refractivity contribution >= 4 is 7.85 Å². The van der Waals surface area contributed by atoms with E-state index in [4.69, 9.17) is 12.6 Å². The molecule has 3 aliphatic carbocycles. The van der Waals surface area contributed by atoms with Gasteiger partial charge in [0.1, 0.15) is 13.6 Å². The summed E-state index contributed by atoms with van der Waals surface area (Å²) in [5, 5.41) is 0. The van der Waals surface area contributed by atoms with Gasteiger partial charge in [0.25, 0.3) is 0 Å². The Labute approximate surface area is 123 Å². The Bertz CT molecular complexity index is 508. The average molecular weight is 266 g/mol. The van der Waals surface area contributed by atoms with Gasteiger partial charge in [-0.3, -0.25) is 0 Å². The summed E-state index contributed by atoms with van der Waals surface area (Å²) in [6, 6.07) is 6.74. The quantitative estimate of drug-likeness (QED) is 0.736. The second-order valence-corrected chi connectivity index (χ2v) is 6.99. The maximum Gasteiger partial charge on any atom is 0.122 e. The molecule has 3 aliphatic rings. The van der Waals surface area contributed by atoms with E-state index in [0.717, 1.165) is 17.6 Å². The van der Waals surface area contributed by atoms with Gasteiger partial charge in [0.05, 0.1) is 0 Å². The van der Waals surface area contributed by atoms with Gasteiger partial charge in [-0.25, -0.2) is 0 Å². The summed E-state index contributed by atoms with van der Waals surface area (Å²) in [7, 11) is 5.54. The van der Waals surface area contributed by atoms with Crippen molar-refractivity contribution in [3.8, 4) is 5.75 Å². The molecule has 0 amide bonds. The molecule has 20 heavy (non-hydrogen) atoms. The van der Waals surface area contributed by atoms with E-state index < -0.39 is 0 Å². The van der Waals surface area contributed by atoms with E-state index in [1.807, 2.05) is 0 Å². The molecule has 1 aromatic rings. The normalized spacial score (nSPS) is 35.0. The molecule has 0 spiro atoms. The lowest BCUT2D eigenvalue weighted by Gasteiger charge is -2.55. The Balaban J connectivity index is 1.83. The van der Waals surface area contributed by atoms with Crippen LogP contribution in [-0.2, 0) is 11.8 Å². The van der Waals surface area contributed by atoms with Crippen LogP contribution in [0.5, 0.6) is 5.75 Å². The first kappa shape index (κ1) is 12.8. The van der Waals surface area contributed by atoms with Crippen molar-refractivity contribution in [1.29, 1.82) is 0 Å². The third kappa shape index (κ3) is 1.76. The van der Waals surface area contributed by atoms with Crippen LogP contribution in [0.4, 0.5) is 0 Å². The zero-order valence-corrected chi connectivity index (χ0v) is 12.2. The summed E-state index contributed by atoms with van der Waals surface area (Å²) >= 11 is 0. The van der Waals surface area contributed by atoms with Crippen molar-refractivity contribution in [3.05, 3.63) is 29.3 Å². The van der Waals surface area contributed by atoms with E-state index in [1.165, 1.54) is 51.4 Å². The van der Waals surface area contributed by atoms with E-state index in [2.05, 4.69) is 18.2 Å². The lowest BCUT2D eigenvalue weighted by atomic mass is 9.49. The minimum atomic E-state index is 0.276. The zero-order valence-electron chi connectivity index (χ0n) is 12.2. The molecule has 1 nitrogen and oxygen atoms in total. The van der Waals surface area contributed by atoms with Gasteiger partial charge >= 0.3 is 0 Å².